The first-order valence-corrected chi connectivity index (χ1v) is 17.7. The summed E-state index contributed by atoms with van der Waals surface area (Å²) in [6, 6.07) is 5.87. The molecule has 47 heavy (non-hydrogen) atoms. The molecular formula is C38H55N3O6. The second-order valence-corrected chi connectivity index (χ2v) is 14.3. The van der Waals surface area contributed by atoms with Crippen molar-refractivity contribution >= 4 is 23.4 Å². The van der Waals surface area contributed by atoms with E-state index in [1.807, 2.05) is 56.9 Å². The summed E-state index contributed by atoms with van der Waals surface area (Å²) in [5.74, 6) is -1.82. The zero-order chi connectivity index (χ0) is 34.1. The summed E-state index contributed by atoms with van der Waals surface area (Å²) >= 11 is 0. The Kier molecular flexibility index (Phi) is 10.6. The van der Waals surface area contributed by atoms with Crippen LogP contribution >= 0.6 is 0 Å². The van der Waals surface area contributed by atoms with Crippen LogP contribution in [0.1, 0.15) is 79.6 Å². The zero-order valence-electron chi connectivity index (χ0n) is 29.0. The molecule has 1 aromatic rings. The minimum Gasteiger partial charge on any atom is -0.494 e. The molecule has 4 fully saturated rings. The van der Waals surface area contributed by atoms with Crippen molar-refractivity contribution in [3.63, 3.8) is 0 Å². The summed E-state index contributed by atoms with van der Waals surface area (Å²) in [5, 5.41) is 10.8. The largest absolute Gasteiger partial charge is 0.494 e. The van der Waals surface area contributed by atoms with Crippen molar-refractivity contribution in [2.45, 2.75) is 109 Å². The molecule has 3 aliphatic heterocycles. The normalized spacial score (nSPS) is 31.3. The van der Waals surface area contributed by atoms with Crippen LogP contribution in [0.2, 0.25) is 0 Å². The molecule has 1 saturated carbocycles. The van der Waals surface area contributed by atoms with E-state index < -0.39 is 35.1 Å². The highest BCUT2D eigenvalue weighted by Crippen LogP contribution is 2.66. The molecule has 5 rings (SSSR count). The lowest BCUT2D eigenvalue weighted by Crippen LogP contribution is -2.61. The number of likely N-dealkylation sites (tertiary alicyclic amines) is 1. The van der Waals surface area contributed by atoms with Gasteiger partial charge in [0.2, 0.25) is 17.7 Å². The van der Waals surface area contributed by atoms with Gasteiger partial charge in [-0.25, -0.2) is 0 Å². The summed E-state index contributed by atoms with van der Waals surface area (Å²) in [6.45, 7) is 18.7. The number of benzene rings is 1. The maximum absolute atomic E-state index is 15.1. The number of fused-ring (bicyclic) bond motifs is 1. The van der Waals surface area contributed by atoms with Crippen LogP contribution in [0.3, 0.4) is 0 Å². The van der Waals surface area contributed by atoms with Gasteiger partial charge in [-0.05, 0) is 69.2 Å². The molecule has 1 aromatic carbocycles. The lowest BCUT2D eigenvalue weighted by atomic mass is 9.62. The van der Waals surface area contributed by atoms with Gasteiger partial charge in [0.25, 0.3) is 0 Å². The monoisotopic (exact) mass is 649 g/mol. The van der Waals surface area contributed by atoms with Crippen molar-refractivity contribution in [2.75, 3.05) is 31.2 Å². The molecule has 3 unspecified atom stereocenters. The SMILES string of the molecule is C=CCN(C(=O)[C@H]1[C@H]2C(=O)N([C@@H](CO)[C@@H](C)CC)C(C(=O)N(CC=C)C3CCCCC3)C23CC(C)[C@]1(C)O3)c1ccc(OCC)cc1. The van der Waals surface area contributed by atoms with Crippen LogP contribution in [0.15, 0.2) is 49.6 Å². The molecular weight excluding hydrogens is 594 g/mol. The van der Waals surface area contributed by atoms with Crippen LogP contribution in [-0.4, -0.2) is 88.3 Å². The summed E-state index contributed by atoms with van der Waals surface area (Å²) < 4.78 is 12.7. The van der Waals surface area contributed by atoms with Crippen LogP contribution in [0.25, 0.3) is 0 Å². The molecule has 3 saturated heterocycles. The fourth-order valence-corrected chi connectivity index (χ4v) is 9.12. The van der Waals surface area contributed by atoms with Crippen LogP contribution in [0.5, 0.6) is 5.75 Å². The van der Waals surface area contributed by atoms with Gasteiger partial charge in [0.05, 0.1) is 36.7 Å². The summed E-state index contributed by atoms with van der Waals surface area (Å²) in [7, 11) is 0. The predicted molar refractivity (Wildman–Crippen MR) is 183 cm³/mol. The third-order valence-corrected chi connectivity index (χ3v) is 11.8. The first-order valence-electron chi connectivity index (χ1n) is 17.7. The molecule has 3 heterocycles. The Labute approximate surface area is 280 Å². The molecule has 3 amide bonds. The Morgan fingerprint density at radius 1 is 1.11 bits per heavy atom. The highest BCUT2D eigenvalue weighted by atomic mass is 16.5. The maximum atomic E-state index is 15.1. The number of rotatable bonds is 14. The van der Waals surface area contributed by atoms with Crippen molar-refractivity contribution in [3.8, 4) is 5.75 Å². The first kappa shape index (κ1) is 35.1. The number of ether oxygens (including phenoxy) is 2. The molecule has 4 aliphatic rings. The molecule has 2 bridgehead atoms. The maximum Gasteiger partial charge on any atom is 0.248 e. The van der Waals surface area contributed by atoms with E-state index in [4.69, 9.17) is 9.47 Å². The third kappa shape index (κ3) is 5.81. The van der Waals surface area contributed by atoms with Gasteiger partial charge in [-0.2, -0.15) is 0 Å². The average molecular weight is 650 g/mol. The number of carbonyl (C=O) groups is 3. The minimum atomic E-state index is -1.20. The number of nitrogens with zero attached hydrogens (tertiary/aromatic N) is 3. The molecule has 9 nitrogen and oxygen atoms in total. The van der Waals surface area contributed by atoms with Gasteiger partial charge < -0.3 is 29.3 Å². The van der Waals surface area contributed by atoms with Gasteiger partial charge in [0.15, 0.2) is 0 Å². The van der Waals surface area contributed by atoms with Crippen molar-refractivity contribution in [1.29, 1.82) is 0 Å². The Morgan fingerprint density at radius 2 is 1.77 bits per heavy atom. The number of hydrogen-bond acceptors (Lipinski definition) is 6. The van der Waals surface area contributed by atoms with Crippen LogP contribution in [0, 0.1) is 23.7 Å². The number of aliphatic hydroxyl groups excluding tert-OH is 1. The van der Waals surface area contributed by atoms with Gasteiger partial charge in [-0.1, -0.05) is 58.6 Å². The molecule has 1 aliphatic carbocycles. The van der Waals surface area contributed by atoms with Crippen LogP contribution < -0.4 is 9.64 Å². The second-order valence-electron chi connectivity index (χ2n) is 14.3. The van der Waals surface area contributed by atoms with Gasteiger partial charge in [-0.3, -0.25) is 14.4 Å². The lowest BCUT2D eigenvalue weighted by Gasteiger charge is -2.43. The van der Waals surface area contributed by atoms with Crippen molar-refractivity contribution < 1.29 is 29.0 Å². The number of aliphatic hydroxyl groups is 1. The molecule has 1 N–H and O–H groups in total. The summed E-state index contributed by atoms with van der Waals surface area (Å²) in [4.78, 5) is 50.2. The third-order valence-electron chi connectivity index (χ3n) is 11.8. The number of hydrogen-bond donors (Lipinski definition) is 1. The van der Waals surface area contributed by atoms with Gasteiger partial charge >= 0.3 is 0 Å². The lowest BCUT2D eigenvalue weighted by molar-refractivity contribution is -0.158. The van der Waals surface area contributed by atoms with E-state index in [1.165, 1.54) is 0 Å². The zero-order valence-corrected chi connectivity index (χ0v) is 29.0. The smallest absolute Gasteiger partial charge is 0.248 e. The van der Waals surface area contributed by atoms with E-state index in [2.05, 4.69) is 20.1 Å². The number of carbonyl (C=O) groups excluding carboxylic acids is 3. The Balaban J connectivity index is 1.62. The average Bonchev–Trinajstić information content (AvgIpc) is 3.59. The van der Waals surface area contributed by atoms with Crippen molar-refractivity contribution in [1.82, 2.24) is 9.80 Å². The summed E-state index contributed by atoms with van der Waals surface area (Å²) in [6.07, 6.45) is 9.68. The van der Waals surface area contributed by atoms with E-state index in [0.29, 0.717) is 31.0 Å². The molecule has 1 spiro atoms. The molecule has 8 atom stereocenters. The molecule has 9 heteroatoms. The fourth-order valence-electron chi connectivity index (χ4n) is 9.12. The van der Waals surface area contributed by atoms with E-state index >= 15 is 4.79 Å². The predicted octanol–water partition coefficient (Wildman–Crippen LogP) is 5.37. The van der Waals surface area contributed by atoms with E-state index in [-0.39, 0.29) is 48.8 Å². The highest BCUT2D eigenvalue weighted by molar-refractivity contribution is 6.03. The van der Waals surface area contributed by atoms with Gasteiger partial charge in [-0.15, -0.1) is 13.2 Å². The van der Waals surface area contributed by atoms with E-state index in [0.717, 1.165) is 38.5 Å². The van der Waals surface area contributed by atoms with Gasteiger partial charge in [0, 0.05) is 24.8 Å². The molecule has 258 valence electrons. The Bertz CT molecular complexity index is 1330. The van der Waals surface area contributed by atoms with Crippen molar-refractivity contribution in [2.24, 2.45) is 23.7 Å². The summed E-state index contributed by atoms with van der Waals surface area (Å²) in [5.41, 5.74) is -1.49. The van der Waals surface area contributed by atoms with E-state index in [9.17, 15) is 14.7 Å². The standard InChI is InChI=1S/C38H55N3O6/c1-8-21-39(28-17-19-29(20-18-28)46-11-4)34(43)31-32-35(44)41(30(24-42)25(5)10-3)33(38(32)23-26(6)37(31,7)47-38)36(45)40(22-9-2)27-15-13-12-14-16-27/h8-9,17-20,25-27,30-33,42H,1-2,10-16,21-24H2,3-7H3/t25-,26?,30-,31+,32-,33?,37-,38?/m0/s1. The fraction of sp³-hybridized carbons (Fsp3) is 0.658. The number of anilines is 1. The topological polar surface area (TPSA) is 99.6 Å². The highest BCUT2D eigenvalue weighted by Gasteiger charge is 2.80. The quantitative estimate of drug-likeness (QED) is 0.272. The molecule has 0 aromatic heterocycles. The second kappa shape index (κ2) is 14.1. The first-order chi connectivity index (χ1) is 22.5. The number of amides is 3. The molecule has 0 radical (unpaired) electrons. The van der Waals surface area contributed by atoms with Crippen LogP contribution in [-0.2, 0) is 19.1 Å². The van der Waals surface area contributed by atoms with Crippen molar-refractivity contribution in [3.05, 3.63) is 49.6 Å². The van der Waals surface area contributed by atoms with Crippen LogP contribution in [0.4, 0.5) is 5.69 Å². The van der Waals surface area contributed by atoms with E-state index in [1.54, 1.807) is 22.0 Å². The van der Waals surface area contributed by atoms with Gasteiger partial charge in [0.1, 0.15) is 17.4 Å². The minimum absolute atomic E-state index is 0.0459. The Hall–Kier alpha value is -3.17. The Morgan fingerprint density at radius 3 is 2.34 bits per heavy atom.